The fraction of sp³-hybridized carbons (Fsp3) is 0.769. The van der Waals surface area contributed by atoms with Crippen molar-refractivity contribution in [2.45, 2.75) is 45.8 Å². The highest BCUT2D eigenvalue weighted by molar-refractivity contribution is 7.99. The summed E-state index contributed by atoms with van der Waals surface area (Å²) in [5.41, 5.74) is -0.666. The van der Waals surface area contributed by atoms with Crippen molar-refractivity contribution in [1.29, 1.82) is 0 Å². The number of aliphatic carboxylic acids is 1. The zero-order valence-electron chi connectivity index (χ0n) is 12.9. The zero-order chi connectivity index (χ0) is 16.5. The van der Waals surface area contributed by atoms with E-state index in [-0.39, 0.29) is 5.91 Å². The van der Waals surface area contributed by atoms with Crippen LogP contribution in [0.15, 0.2) is 0 Å². The lowest BCUT2D eigenvalue weighted by atomic mass is 10.2. The summed E-state index contributed by atoms with van der Waals surface area (Å²) >= 11 is 1.51. The van der Waals surface area contributed by atoms with Gasteiger partial charge in [0.15, 0.2) is 0 Å². The number of carbonyl (C=O) groups is 3. The summed E-state index contributed by atoms with van der Waals surface area (Å²) in [4.78, 5) is 33.3. The van der Waals surface area contributed by atoms with E-state index in [4.69, 9.17) is 9.84 Å². The molecule has 0 radical (unpaired) electrons. The monoisotopic (exact) mass is 320 g/mol. The van der Waals surface area contributed by atoms with Crippen molar-refractivity contribution in [2.75, 3.05) is 18.1 Å². The predicted octanol–water partition coefficient (Wildman–Crippen LogP) is 1.22. The van der Waals surface area contributed by atoms with Crippen LogP contribution in [0.4, 0.5) is 4.79 Å². The molecule has 0 spiro atoms. The number of carboxylic acid groups (broad SMARTS) is 1. The molecule has 0 aliphatic heterocycles. The number of alkyl carbamates (subject to hydrolysis) is 1. The molecular formula is C13H24N2O5S. The Balaban J connectivity index is 4.01. The molecule has 7 nitrogen and oxygen atoms in total. The molecule has 0 fully saturated rings. The van der Waals surface area contributed by atoms with Gasteiger partial charge in [-0.15, -0.1) is 0 Å². The van der Waals surface area contributed by atoms with Crippen LogP contribution in [0.5, 0.6) is 0 Å². The number of nitrogens with one attached hydrogen (secondary N) is 2. The normalized spacial score (nSPS) is 12.4. The van der Waals surface area contributed by atoms with Gasteiger partial charge >= 0.3 is 12.1 Å². The maximum absolute atomic E-state index is 11.5. The van der Waals surface area contributed by atoms with Crippen LogP contribution in [0, 0.1) is 0 Å². The van der Waals surface area contributed by atoms with Crippen LogP contribution in [0.25, 0.3) is 0 Å². The van der Waals surface area contributed by atoms with Gasteiger partial charge in [0.25, 0.3) is 0 Å². The van der Waals surface area contributed by atoms with E-state index in [1.165, 1.54) is 18.7 Å². The van der Waals surface area contributed by atoms with Gasteiger partial charge in [0, 0.05) is 19.2 Å². The van der Waals surface area contributed by atoms with E-state index < -0.39 is 23.7 Å². The number of hydrogen-bond acceptors (Lipinski definition) is 5. The minimum absolute atomic E-state index is 0.0920. The molecule has 0 aromatic carbocycles. The SMILES string of the molecule is CC(=O)NCCSCCC(NC(=O)OC(C)(C)C)C(=O)O. The van der Waals surface area contributed by atoms with Crippen molar-refractivity contribution in [3.05, 3.63) is 0 Å². The molecule has 0 bridgehead atoms. The highest BCUT2D eigenvalue weighted by atomic mass is 32.2. The third-order valence-corrected chi connectivity index (χ3v) is 3.18. The summed E-state index contributed by atoms with van der Waals surface area (Å²) in [6.45, 7) is 7.10. The number of ether oxygens (including phenoxy) is 1. The largest absolute Gasteiger partial charge is 0.480 e. The van der Waals surface area contributed by atoms with Crippen molar-refractivity contribution in [2.24, 2.45) is 0 Å². The van der Waals surface area contributed by atoms with Gasteiger partial charge in [-0.25, -0.2) is 9.59 Å². The predicted molar refractivity (Wildman–Crippen MR) is 81.4 cm³/mol. The van der Waals surface area contributed by atoms with Crippen molar-refractivity contribution >= 4 is 29.7 Å². The fourth-order valence-electron chi connectivity index (χ4n) is 1.31. The van der Waals surface area contributed by atoms with Crippen LogP contribution >= 0.6 is 11.8 Å². The standard InChI is InChI=1S/C13H24N2O5S/c1-9(16)14-6-8-21-7-5-10(11(17)18)15-12(19)20-13(2,3)4/h10H,5-8H2,1-4H3,(H,14,16)(H,15,19)(H,17,18). The van der Waals surface area contributed by atoms with Crippen molar-refractivity contribution in [3.63, 3.8) is 0 Å². The smallest absolute Gasteiger partial charge is 0.408 e. The number of thioether (sulfide) groups is 1. The van der Waals surface area contributed by atoms with Crippen molar-refractivity contribution in [1.82, 2.24) is 10.6 Å². The molecule has 2 amide bonds. The molecule has 1 unspecified atom stereocenters. The Labute approximate surface area is 129 Å². The van der Waals surface area contributed by atoms with Crippen LogP contribution in [-0.4, -0.2) is 52.8 Å². The third kappa shape index (κ3) is 12.0. The molecule has 3 N–H and O–H groups in total. The molecule has 0 saturated heterocycles. The van der Waals surface area contributed by atoms with E-state index in [1.54, 1.807) is 20.8 Å². The van der Waals surface area contributed by atoms with Crippen molar-refractivity contribution in [3.8, 4) is 0 Å². The van der Waals surface area contributed by atoms with Gasteiger partial charge in [-0.05, 0) is 32.9 Å². The second-order valence-electron chi connectivity index (χ2n) is 5.42. The maximum atomic E-state index is 11.5. The van der Waals surface area contributed by atoms with Gasteiger partial charge in [-0.3, -0.25) is 4.79 Å². The highest BCUT2D eigenvalue weighted by Crippen LogP contribution is 2.09. The van der Waals surface area contributed by atoms with Gasteiger partial charge < -0.3 is 20.5 Å². The van der Waals surface area contributed by atoms with Crippen LogP contribution in [-0.2, 0) is 14.3 Å². The average Bonchev–Trinajstić information content (AvgIpc) is 2.28. The summed E-state index contributed by atoms with van der Waals surface area (Å²) in [7, 11) is 0. The lowest BCUT2D eigenvalue weighted by Crippen LogP contribution is -2.43. The van der Waals surface area contributed by atoms with E-state index >= 15 is 0 Å². The summed E-state index contributed by atoms with van der Waals surface area (Å²) in [5, 5.41) is 14.0. The number of hydrogen-bond donors (Lipinski definition) is 3. The van der Waals surface area contributed by atoms with Crippen LogP contribution in [0.1, 0.15) is 34.1 Å². The Hall–Kier alpha value is -1.44. The molecule has 8 heteroatoms. The lowest BCUT2D eigenvalue weighted by Gasteiger charge is -2.21. The first-order chi connectivity index (χ1) is 9.61. The Kier molecular flexibility index (Phi) is 8.84. The van der Waals surface area contributed by atoms with Gasteiger partial charge in [-0.1, -0.05) is 0 Å². The lowest BCUT2D eigenvalue weighted by molar-refractivity contribution is -0.139. The molecular weight excluding hydrogens is 296 g/mol. The maximum Gasteiger partial charge on any atom is 0.408 e. The first-order valence-corrected chi connectivity index (χ1v) is 7.82. The number of rotatable bonds is 8. The Morgan fingerprint density at radius 3 is 2.33 bits per heavy atom. The summed E-state index contributed by atoms with van der Waals surface area (Å²) < 4.78 is 5.02. The quantitative estimate of drug-likeness (QED) is 0.581. The molecule has 0 saturated carbocycles. The zero-order valence-corrected chi connectivity index (χ0v) is 13.7. The second-order valence-corrected chi connectivity index (χ2v) is 6.65. The summed E-state index contributed by atoms with van der Waals surface area (Å²) in [6.07, 6.45) is -0.447. The molecule has 0 aromatic rings. The Bertz CT molecular complexity index is 368. The summed E-state index contributed by atoms with van der Waals surface area (Å²) in [5.74, 6) is 0.0685. The molecule has 21 heavy (non-hydrogen) atoms. The Morgan fingerprint density at radius 2 is 1.86 bits per heavy atom. The molecule has 0 aromatic heterocycles. The number of amides is 2. The van der Waals surface area contributed by atoms with E-state index in [0.29, 0.717) is 24.5 Å². The molecule has 1 atom stereocenters. The van der Waals surface area contributed by atoms with Gasteiger partial charge in [0.2, 0.25) is 5.91 Å². The summed E-state index contributed by atoms with van der Waals surface area (Å²) in [6, 6.07) is -0.979. The topological polar surface area (TPSA) is 105 Å². The minimum Gasteiger partial charge on any atom is -0.480 e. The number of carbonyl (C=O) groups excluding carboxylic acids is 2. The molecule has 0 heterocycles. The average molecular weight is 320 g/mol. The van der Waals surface area contributed by atoms with E-state index in [2.05, 4.69) is 10.6 Å². The van der Waals surface area contributed by atoms with Gasteiger partial charge in [0.1, 0.15) is 11.6 Å². The molecule has 0 aliphatic carbocycles. The van der Waals surface area contributed by atoms with Gasteiger partial charge in [-0.2, -0.15) is 11.8 Å². The Morgan fingerprint density at radius 1 is 1.24 bits per heavy atom. The van der Waals surface area contributed by atoms with Crippen LogP contribution in [0.3, 0.4) is 0 Å². The first-order valence-electron chi connectivity index (χ1n) is 6.66. The van der Waals surface area contributed by atoms with Crippen LogP contribution in [0.2, 0.25) is 0 Å². The first kappa shape index (κ1) is 19.6. The molecule has 122 valence electrons. The van der Waals surface area contributed by atoms with E-state index in [0.717, 1.165) is 0 Å². The fourth-order valence-corrected chi connectivity index (χ4v) is 2.16. The minimum atomic E-state index is -1.09. The third-order valence-electron chi connectivity index (χ3n) is 2.16. The second kappa shape index (κ2) is 9.49. The highest BCUT2D eigenvalue weighted by Gasteiger charge is 2.23. The van der Waals surface area contributed by atoms with E-state index in [1.807, 2.05) is 0 Å². The number of carboxylic acids is 1. The van der Waals surface area contributed by atoms with Crippen molar-refractivity contribution < 1.29 is 24.2 Å². The van der Waals surface area contributed by atoms with E-state index in [9.17, 15) is 14.4 Å². The van der Waals surface area contributed by atoms with Gasteiger partial charge in [0.05, 0.1) is 0 Å². The van der Waals surface area contributed by atoms with Crippen LogP contribution < -0.4 is 10.6 Å². The molecule has 0 aliphatic rings. The molecule has 0 rings (SSSR count).